The highest BCUT2D eigenvalue weighted by atomic mass is 32.1. The van der Waals surface area contributed by atoms with E-state index in [0.717, 1.165) is 27.8 Å². The molecule has 7 heteroatoms. The lowest BCUT2D eigenvalue weighted by molar-refractivity contribution is 0.251. The smallest absolute Gasteiger partial charge is 0.319 e. The lowest BCUT2D eigenvalue weighted by Crippen LogP contribution is -2.28. The third-order valence-electron chi connectivity index (χ3n) is 2.83. The molecule has 0 saturated heterocycles. The van der Waals surface area contributed by atoms with E-state index >= 15 is 0 Å². The molecule has 21 heavy (non-hydrogen) atoms. The molecule has 0 radical (unpaired) electrons. The molecule has 112 valence electrons. The number of rotatable bonds is 5. The van der Waals surface area contributed by atoms with E-state index in [9.17, 15) is 4.79 Å². The van der Waals surface area contributed by atoms with E-state index in [1.165, 1.54) is 11.3 Å². The molecule has 6 nitrogen and oxygen atoms in total. The van der Waals surface area contributed by atoms with Crippen molar-refractivity contribution in [1.29, 1.82) is 0 Å². The third kappa shape index (κ3) is 4.42. The second kappa shape index (κ2) is 7.03. The molecule has 2 aromatic rings. The quantitative estimate of drug-likeness (QED) is 0.890. The molecule has 0 aliphatic carbocycles. The zero-order valence-electron chi connectivity index (χ0n) is 12.4. The monoisotopic (exact) mass is 305 g/mol. The summed E-state index contributed by atoms with van der Waals surface area (Å²) >= 11 is 1.52. The van der Waals surface area contributed by atoms with E-state index in [0.29, 0.717) is 6.54 Å². The van der Waals surface area contributed by atoms with Crippen LogP contribution in [0.1, 0.15) is 16.9 Å². The number of nitrogens with zero attached hydrogens (tertiary/aromatic N) is 3. The SMILES string of the molecule is CCc1nnc(CNC(=O)Nc2cccc(N(C)C)c2)s1. The Bertz CT molecular complexity index is 611. The third-order valence-corrected chi connectivity index (χ3v) is 3.90. The van der Waals surface area contributed by atoms with Crippen molar-refractivity contribution < 1.29 is 4.79 Å². The number of carbonyl (C=O) groups is 1. The fraction of sp³-hybridized carbons (Fsp3) is 0.357. The molecule has 1 heterocycles. The Kier molecular flexibility index (Phi) is 5.10. The van der Waals surface area contributed by atoms with E-state index in [2.05, 4.69) is 20.8 Å². The van der Waals surface area contributed by atoms with Crippen molar-refractivity contribution in [2.24, 2.45) is 0 Å². The molecule has 0 spiro atoms. The predicted octanol–water partition coefficient (Wildman–Crippen LogP) is 2.49. The maximum atomic E-state index is 11.9. The summed E-state index contributed by atoms with van der Waals surface area (Å²) in [7, 11) is 3.92. The highest BCUT2D eigenvalue weighted by molar-refractivity contribution is 7.11. The van der Waals surface area contributed by atoms with Gasteiger partial charge in [0.25, 0.3) is 0 Å². The predicted molar refractivity (Wildman–Crippen MR) is 85.9 cm³/mol. The first-order valence-electron chi connectivity index (χ1n) is 6.72. The highest BCUT2D eigenvalue weighted by Gasteiger charge is 2.06. The Morgan fingerprint density at radius 1 is 1.29 bits per heavy atom. The van der Waals surface area contributed by atoms with Crippen LogP contribution in [0.3, 0.4) is 0 Å². The molecule has 2 rings (SSSR count). The van der Waals surface area contributed by atoms with Gasteiger partial charge in [0.15, 0.2) is 0 Å². The van der Waals surface area contributed by atoms with E-state index in [4.69, 9.17) is 0 Å². The molecule has 0 bridgehead atoms. The lowest BCUT2D eigenvalue weighted by Gasteiger charge is -2.14. The fourth-order valence-electron chi connectivity index (χ4n) is 1.70. The minimum absolute atomic E-state index is 0.251. The highest BCUT2D eigenvalue weighted by Crippen LogP contribution is 2.17. The first-order valence-corrected chi connectivity index (χ1v) is 7.53. The zero-order chi connectivity index (χ0) is 15.2. The number of nitrogens with one attached hydrogen (secondary N) is 2. The number of urea groups is 1. The van der Waals surface area contributed by atoms with Gasteiger partial charge >= 0.3 is 6.03 Å². The molecule has 0 aliphatic rings. The van der Waals surface area contributed by atoms with Crippen LogP contribution in [0.4, 0.5) is 16.2 Å². The molecular formula is C14H19N5OS. The minimum Gasteiger partial charge on any atom is -0.378 e. The lowest BCUT2D eigenvalue weighted by atomic mass is 10.2. The Labute approximate surface area is 128 Å². The number of aromatic nitrogens is 2. The van der Waals surface area contributed by atoms with Crippen LogP contribution in [0.2, 0.25) is 0 Å². The van der Waals surface area contributed by atoms with Gasteiger partial charge in [-0.05, 0) is 24.6 Å². The number of amides is 2. The average Bonchev–Trinajstić information content (AvgIpc) is 2.93. The van der Waals surface area contributed by atoms with Gasteiger partial charge in [0, 0.05) is 25.5 Å². The van der Waals surface area contributed by atoms with Crippen molar-refractivity contribution in [3.05, 3.63) is 34.3 Å². The summed E-state index contributed by atoms with van der Waals surface area (Å²) in [6.07, 6.45) is 0.862. The molecular weight excluding hydrogens is 286 g/mol. The van der Waals surface area contributed by atoms with Gasteiger partial charge in [0.2, 0.25) is 0 Å². The van der Waals surface area contributed by atoms with Crippen LogP contribution >= 0.6 is 11.3 Å². The standard InChI is InChI=1S/C14H19N5OS/c1-4-12-17-18-13(21-12)9-15-14(20)16-10-6-5-7-11(8-10)19(2)3/h5-8H,4,9H2,1-3H3,(H2,15,16,20). The van der Waals surface area contributed by atoms with Crippen molar-refractivity contribution in [2.45, 2.75) is 19.9 Å². The van der Waals surface area contributed by atoms with Gasteiger partial charge < -0.3 is 15.5 Å². The Morgan fingerprint density at radius 3 is 2.71 bits per heavy atom. The second-order valence-corrected chi connectivity index (χ2v) is 5.84. The summed E-state index contributed by atoms with van der Waals surface area (Å²) in [5.74, 6) is 0. The van der Waals surface area contributed by atoms with Crippen LogP contribution in [0, 0.1) is 0 Å². The second-order valence-electron chi connectivity index (χ2n) is 4.70. The Morgan fingerprint density at radius 2 is 2.05 bits per heavy atom. The fourth-order valence-corrected chi connectivity index (χ4v) is 2.42. The first-order chi connectivity index (χ1) is 10.1. The van der Waals surface area contributed by atoms with Gasteiger partial charge in [-0.25, -0.2) is 4.79 Å². The van der Waals surface area contributed by atoms with Crippen molar-refractivity contribution in [3.63, 3.8) is 0 Å². The molecule has 1 aromatic carbocycles. The molecule has 2 amide bonds. The van der Waals surface area contributed by atoms with E-state index in [-0.39, 0.29) is 6.03 Å². The van der Waals surface area contributed by atoms with Gasteiger partial charge in [-0.2, -0.15) is 0 Å². The summed E-state index contributed by atoms with van der Waals surface area (Å²) in [5.41, 5.74) is 1.79. The first kappa shape index (κ1) is 15.2. The van der Waals surface area contributed by atoms with Gasteiger partial charge in [-0.3, -0.25) is 0 Å². The molecule has 2 N–H and O–H groups in total. The molecule has 0 fully saturated rings. The summed E-state index contributed by atoms with van der Waals surface area (Å²) in [6.45, 7) is 2.42. The molecule has 1 aromatic heterocycles. The molecule has 0 unspecified atom stereocenters. The number of anilines is 2. The van der Waals surface area contributed by atoms with Crippen molar-refractivity contribution in [1.82, 2.24) is 15.5 Å². The summed E-state index contributed by atoms with van der Waals surface area (Å²) in [5, 5.41) is 15.4. The van der Waals surface area contributed by atoms with Crippen molar-refractivity contribution >= 4 is 28.7 Å². The number of aryl methyl sites for hydroxylation is 1. The number of hydrogen-bond donors (Lipinski definition) is 2. The minimum atomic E-state index is -0.251. The maximum Gasteiger partial charge on any atom is 0.319 e. The number of carbonyl (C=O) groups excluding carboxylic acids is 1. The normalized spacial score (nSPS) is 10.2. The Hall–Kier alpha value is -2.15. The Balaban J connectivity index is 1.88. The van der Waals surface area contributed by atoms with Crippen LogP contribution in [-0.2, 0) is 13.0 Å². The molecule has 0 aliphatic heterocycles. The van der Waals surface area contributed by atoms with E-state index in [1.54, 1.807) is 0 Å². The van der Waals surface area contributed by atoms with E-state index < -0.39 is 0 Å². The molecule has 0 saturated carbocycles. The van der Waals surface area contributed by atoms with Crippen LogP contribution in [0.25, 0.3) is 0 Å². The number of benzene rings is 1. The van der Waals surface area contributed by atoms with Gasteiger partial charge in [-0.15, -0.1) is 10.2 Å². The van der Waals surface area contributed by atoms with Crippen LogP contribution in [0.15, 0.2) is 24.3 Å². The summed E-state index contributed by atoms with van der Waals surface area (Å²) in [4.78, 5) is 13.8. The average molecular weight is 305 g/mol. The largest absolute Gasteiger partial charge is 0.378 e. The topological polar surface area (TPSA) is 70.1 Å². The van der Waals surface area contributed by atoms with Gasteiger partial charge in [-0.1, -0.05) is 24.3 Å². The summed E-state index contributed by atoms with van der Waals surface area (Å²) < 4.78 is 0. The number of hydrogen-bond acceptors (Lipinski definition) is 5. The van der Waals surface area contributed by atoms with Gasteiger partial charge in [0.1, 0.15) is 10.0 Å². The maximum absolute atomic E-state index is 11.9. The van der Waals surface area contributed by atoms with Crippen molar-refractivity contribution in [3.8, 4) is 0 Å². The summed E-state index contributed by atoms with van der Waals surface area (Å²) in [6, 6.07) is 7.41. The van der Waals surface area contributed by atoms with Crippen molar-refractivity contribution in [2.75, 3.05) is 24.3 Å². The van der Waals surface area contributed by atoms with Crippen LogP contribution in [-0.4, -0.2) is 30.3 Å². The van der Waals surface area contributed by atoms with Crippen LogP contribution < -0.4 is 15.5 Å². The molecule has 0 atom stereocenters. The van der Waals surface area contributed by atoms with Crippen LogP contribution in [0.5, 0.6) is 0 Å². The van der Waals surface area contributed by atoms with Gasteiger partial charge in [0.05, 0.1) is 6.54 Å². The van der Waals surface area contributed by atoms with E-state index in [1.807, 2.05) is 50.2 Å². The zero-order valence-corrected chi connectivity index (χ0v) is 13.2.